The Hall–Kier alpha value is -4.13. The average molecular weight is 627 g/mol. The molecular formula is C30H43ClN10O3. The van der Waals surface area contributed by atoms with Crippen LogP contribution >= 0.6 is 11.6 Å². The third-order valence-electron chi connectivity index (χ3n) is 6.70. The molecule has 13 nitrogen and oxygen atoms in total. The maximum Gasteiger partial charge on any atom is 0.407 e. The van der Waals surface area contributed by atoms with Gasteiger partial charge in [-0.15, -0.1) is 0 Å². The smallest absolute Gasteiger partial charge is 0.407 e. The molecule has 1 aliphatic carbocycles. The number of alkyl carbamates (subject to hydrolysis) is 1. The van der Waals surface area contributed by atoms with Gasteiger partial charge in [-0.25, -0.2) is 4.79 Å². The quantitative estimate of drug-likeness (QED) is 0.162. The van der Waals surface area contributed by atoms with E-state index < -0.39 is 23.2 Å². The molecule has 14 heteroatoms. The largest absolute Gasteiger partial charge is 0.444 e. The lowest BCUT2D eigenvalue weighted by Crippen LogP contribution is -2.48. The number of aromatic nitrogens is 5. The first-order valence-corrected chi connectivity index (χ1v) is 15.1. The van der Waals surface area contributed by atoms with Crippen LogP contribution < -0.4 is 26.2 Å². The molecule has 1 aliphatic rings. The summed E-state index contributed by atoms with van der Waals surface area (Å²) in [5, 5.41) is 20.0. The number of hydrogen-bond donors (Lipinski definition) is 5. The van der Waals surface area contributed by atoms with Crippen LogP contribution in [0.4, 0.5) is 34.1 Å². The van der Waals surface area contributed by atoms with Gasteiger partial charge in [-0.1, -0.05) is 44.5 Å². The van der Waals surface area contributed by atoms with Gasteiger partial charge in [-0.3, -0.25) is 9.89 Å². The fourth-order valence-electron chi connectivity index (χ4n) is 4.29. The fraction of sp³-hybridized carbons (Fsp3) is 0.533. The van der Waals surface area contributed by atoms with E-state index in [1.54, 1.807) is 31.7 Å². The number of para-hydroxylation sites is 1. The highest BCUT2D eigenvalue weighted by Gasteiger charge is 2.32. The van der Waals surface area contributed by atoms with Gasteiger partial charge in [0.25, 0.3) is 0 Å². The van der Waals surface area contributed by atoms with Crippen LogP contribution in [0, 0.1) is 5.41 Å². The third-order valence-corrected chi connectivity index (χ3v) is 7.02. The molecule has 5 N–H and O–H groups in total. The number of nitrogens with one attached hydrogen (secondary N) is 5. The Bertz CT molecular complexity index is 1450. The lowest BCUT2D eigenvalue weighted by atomic mass is 9.86. The molecule has 0 saturated heterocycles. The van der Waals surface area contributed by atoms with Crippen molar-refractivity contribution in [2.24, 2.45) is 5.41 Å². The maximum atomic E-state index is 13.4. The van der Waals surface area contributed by atoms with Crippen LogP contribution in [0.2, 0.25) is 5.02 Å². The second kappa shape index (κ2) is 13.7. The Morgan fingerprint density at radius 3 is 2.39 bits per heavy atom. The van der Waals surface area contributed by atoms with Crippen LogP contribution in [0.15, 0.2) is 30.3 Å². The summed E-state index contributed by atoms with van der Waals surface area (Å²) in [4.78, 5) is 40.9. The standard InChI is InChI=1S/C30H43ClN10O3/c1-29(2,3)23(24(42)32-15-10-16-33-28(43)44-30(4,5)6)35-26-36-25(34-22-17-20(39-40-22)18-13-14-18)37-27(38-26)41(7)21-12-9-8-11-19(21)31/h8-9,11-12,17-18,23H,10,13-16H2,1-7H3,(H,32,42)(H,33,43)(H3,34,35,36,37,38,39,40). The molecule has 0 spiro atoms. The monoisotopic (exact) mass is 626 g/mol. The van der Waals surface area contributed by atoms with Crippen molar-refractivity contribution >= 4 is 53.0 Å². The summed E-state index contributed by atoms with van der Waals surface area (Å²) in [7, 11) is 1.81. The van der Waals surface area contributed by atoms with E-state index in [1.807, 2.05) is 52.1 Å². The van der Waals surface area contributed by atoms with Crippen molar-refractivity contribution in [3.63, 3.8) is 0 Å². The van der Waals surface area contributed by atoms with Gasteiger partial charge >= 0.3 is 6.09 Å². The number of halogens is 1. The number of aromatic amines is 1. The van der Waals surface area contributed by atoms with Gasteiger partial charge < -0.3 is 30.9 Å². The van der Waals surface area contributed by atoms with Gasteiger partial charge in [-0.05, 0) is 57.6 Å². The molecular weight excluding hydrogens is 584 g/mol. The van der Waals surface area contributed by atoms with E-state index in [0.29, 0.717) is 47.9 Å². The molecule has 44 heavy (non-hydrogen) atoms. The van der Waals surface area contributed by atoms with Crippen molar-refractivity contribution in [1.29, 1.82) is 0 Å². The molecule has 1 atom stereocenters. The Morgan fingerprint density at radius 1 is 1.05 bits per heavy atom. The Labute approximate surface area is 263 Å². The number of anilines is 5. The Kier molecular flexibility index (Phi) is 10.2. The highest BCUT2D eigenvalue weighted by atomic mass is 35.5. The molecule has 3 aromatic rings. The SMILES string of the molecule is CN(c1nc(Nc2cc(C3CC3)n[nH]2)nc(NC(C(=O)NCCCNC(=O)OC(C)(C)C)C(C)(C)C)n1)c1ccccc1Cl. The molecule has 1 aromatic carbocycles. The van der Waals surface area contributed by atoms with Crippen LogP contribution in [-0.2, 0) is 9.53 Å². The zero-order chi connectivity index (χ0) is 32.1. The molecule has 2 aromatic heterocycles. The number of rotatable bonds is 12. The van der Waals surface area contributed by atoms with Crippen LogP contribution in [0.1, 0.15) is 72.4 Å². The van der Waals surface area contributed by atoms with Crippen molar-refractivity contribution < 1.29 is 14.3 Å². The summed E-state index contributed by atoms with van der Waals surface area (Å²) in [5.74, 6) is 1.71. The highest BCUT2D eigenvalue weighted by molar-refractivity contribution is 6.33. The number of H-pyrrole nitrogens is 1. The molecule has 4 rings (SSSR count). The number of carbonyl (C=O) groups excluding carboxylic acids is 2. The van der Waals surface area contributed by atoms with E-state index in [4.69, 9.17) is 16.3 Å². The predicted octanol–water partition coefficient (Wildman–Crippen LogP) is 5.49. The maximum absolute atomic E-state index is 13.4. The Balaban J connectivity index is 1.50. The van der Waals surface area contributed by atoms with Crippen LogP contribution in [0.5, 0.6) is 0 Å². The summed E-state index contributed by atoms with van der Waals surface area (Å²) < 4.78 is 5.25. The van der Waals surface area contributed by atoms with Crippen LogP contribution in [-0.4, -0.2) is 68.9 Å². The van der Waals surface area contributed by atoms with E-state index in [2.05, 4.69) is 46.4 Å². The molecule has 0 aliphatic heterocycles. The third kappa shape index (κ3) is 9.43. The highest BCUT2D eigenvalue weighted by Crippen LogP contribution is 2.39. The summed E-state index contributed by atoms with van der Waals surface area (Å²) >= 11 is 6.48. The molecule has 2 heterocycles. The lowest BCUT2D eigenvalue weighted by molar-refractivity contribution is -0.123. The topological polar surface area (TPSA) is 162 Å². The minimum absolute atomic E-state index is 0.208. The summed E-state index contributed by atoms with van der Waals surface area (Å²) in [6.07, 6.45) is 2.30. The number of ether oxygens (including phenoxy) is 1. The molecule has 0 bridgehead atoms. The molecule has 1 saturated carbocycles. The molecule has 0 radical (unpaired) electrons. The van der Waals surface area contributed by atoms with Gasteiger partial charge in [0.1, 0.15) is 17.5 Å². The van der Waals surface area contributed by atoms with E-state index >= 15 is 0 Å². The van der Waals surface area contributed by atoms with Gasteiger partial charge in [-0.2, -0.15) is 20.1 Å². The van der Waals surface area contributed by atoms with Crippen molar-refractivity contribution in [2.75, 3.05) is 35.7 Å². The number of carbonyl (C=O) groups is 2. The second-order valence-corrected chi connectivity index (χ2v) is 13.3. The minimum atomic E-state index is -0.691. The molecule has 1 fully saturated rings. The number of hydrogen-bond acceptors (Lipinski definition) is 10. The first-order valence-electron chi connectivity index (χ1n) is 14.8. The van der Waals surface area contributed by atoms with E-state index in [-0.39, 0.29) is 17.8 Å². The summed E-state index contributed by atoms with van der Waals surface area (Å²) in [6.45, 7) is 12.0. The average Bonchev–Trinajstić information content (AvgIpc) is 3.68. The Morgan fingerprint density at radius 2 is 1.73 bits per heavy atom. The number of benzene rings is 1. The van der Waals surface area contributed by atoms with E-state index in [9.17, 15) is 9.59 Å². The number of nitrogens with zero attached hydrogens (tertiary/aromatic N) is 5. The van der Waals surface area contributed by atoms with Gasteiger partial charge in [0.2, 0.25) is 23.8 Å². The molecule has 2 amide bonds. The second-order valence-electron chi connectivity index (χ2n) is 12.9. The zero-order valence-corrected chi connectivity index (χ0v) is 27.2. The van der Waals surface area contributed by atoms with Crippen molar-refractivity contribution in [3.8, 4) is 0 Å². The van der Waals surface area contributed by atoms with Gasteiger partial charge in [0, 0.05) is 32.1 Å². The van der Waals surface area contributed by atoms with Crippen molar-refractivity contribution in [2.45, 2.75) is 78.4 Å². The fourth-order valence-corrected chi connectivity index (χ4v) is 4.55. The van der Waals surface area contributed by atoms with E-state index in [1.165, 1.54) is 0 Å². The van der Waals surface area contributed by atoms with Crippen molar-refractivity contribution in [1.82, 2.24) is 35.8 Å². The first kappa shape index (κ1) is 32.8. The summed E-state index contributed by atoms with van der Waals surface area (Å²) in [6, 6.07) is 8.65. The predicted molar refractivity (Wildman–Crippen MR) is 172 cm³/mol. The lowest BCUT2D eigenvalue weighted by Gasteiger charge is -2.30. The minimum Gasteiger partial charge on any atom is -0.444 e. The summed E-state index contributed by atoms with van der Waals surface area (Å²) in [5.41, 5.74) is 0.629. The van der Waals surface area contributed by atoms with Crippen molar-refractivity contribution in [3.05, 3.63) is 41.0 Å². The van der Waals surface area contributed by atoms with Crippen LogP contribution in [0.25, 0.3) is 0 Å². The first-order chi connectivity index (χ1) is 20.7. The van der Waals surface area contributed by atoms with Gasteiger partial charge in [0.15, 0.2) is 0 Å². The molecule has 238 valence electrons. The zero-order valence-electron chi connectivity index (χ0n) is 26.4. The van der Waals surface area contributed by atoms with E-state index in [0.717, 1.165) is 18.5 Å². The normalized spacial score (nSPS) is 14.0. The van der Waals surface area contributed by atoms with Crippen LogP contribution in [0.3, 0.4) is 0 Å². The van der Waals surface area contributed by atoms with Gasteiger partial charge in [0.05, 0.1) is 16.4 Å². The number of amides is 2. The molecule has 1 unspecified atom stereocenters.